The Morgan fingerprint density at radius 2 is 2.00 bits per heavy atom. The summed E-state index contributed by atoms with van der Waals surface area (Å²) in [5, 5.41) is 17.9. The Morgan fingerprint density at radius 1 is 1.20 bits per heavy atom. The van der Waals surface area contributed by atoms with Crippen molar-refractivity contribution < 1.29 is 9.90 Å². The molecule has 0 aliphatic heterocycles. The van der Waals surface area contributed by atoms with Crippen molar-refractivity contribution in [2.45, 2.75) is 19.9 Å². The molecule has 0 atom stereocenters. The number of hydrogen-bond acceptors (Lipinski definition) is 3. The number of rotatable bonds is 6. The molecule has 20 heavy (non-hydrogen) atoms. The van der Waals surface area contributed by atoms with E-state index < -0.39 is 0 Å². The second-order valence-corrected chi connectivity index (χ2v) is 4.74. The zero-order chi connectivity index (χ0) is 14.4. The molecule has 0 spiro atoms. The number of carbonyl (C=O) groups excluding carboxylic acids is 1. The Hall–Kier alpha value is -2.07. The lowest BCUT2D eigenvalue weighted by Gasteiger charge is -2.10. The van der Waals surface area contributed by atoms with Crippen molar-refractivity contribution >= 4 is 16.7 Å². The first-order chi connectivity index (χ1) is 9.72. The highest BCUT2D eigenvalue weighted by Crippen LogP contribution is 2.26. The molecule has 0 fully saturated rings. The molecule has 2 rings (SSSR count). The molecule has 4 nitrogen and oxygen atoms in total. The Bertz CT molecular complexity index is 596. The molecule has 2 aromatic carbocycles. The minimum Gasteiger partial charge on any atom is -0.508 e. The van der Waals surface area contributed by atoms with Gasteiger partial charge in [-0.05, 0) is 23.3 Å². The highest BCUT2D eigenvalue weighted by Gasteiger charge is 2.07. The van der Waals surface area contributed by atoms with Gasteiger partial charge in [-0.3, -0.25) is 4.79 Å². The molecule has 0 aliphatic carbocycles. The van der Waals surface area contributed by atoms with E-state index in [0.29, 0.717) is 13.1 Å². The van der Waals surface area contributed by atoms with E-state index >= 15 is 0 Å². The van der Waals surface area contributed by atoms with Crippen molar-refractivity contribution in [3.8, 4) is 5.75 Å². The van der Waals surface area contributed by atoms with Gasteiger partial charge in [0.05, 0.1) is 6.54 Å². The van der Waals surface area contributed by atoms with E-state index in [2.05, 4.69) is 10.6 Å². The first-order valence-corrected chi connectivity index (χ1v) is 6.89. The largest absolute Gasteiger partial charge is 0.508 e. The fraction of sp³-hybridized carbons (Fsp3) is 0.312. The summed E-state index contributed by atoms with van der Waals surface area (Å²) in [6.45, 7) is 3.43. The summed E-state index contributed by atoms with van der Waals surface area (Å²) in [5.74, 6) is 0.233. The molecule has 0 radical (unpaired) electrons. The highest BCUT2D eigenvalue weighted by molar-refractivity contribution is 5.87. The van der Waals surface area contributed by atoms with E-state index in [9.17, 15) is 9.90 Å². The summed E-state index contributed by atoms with van der Waals surface area (Å²) >= 11 is 0. The van der Waals surface area contributed by atoms with E-state index in [-0.39, 0.29) is 18.2 Å². The first kappa shape index (κ1) is 14.3. The van der Waals surface area contributed by atoms with Crippen LogP contribution in [0, 0.1) is 0 Å². The maximum atomic E-state index is 11.5. The van der Waals surface area contributed by atoms with Crippen LogP contribution in [0.4, 0.5) is 0 Å². The molecule has 3 N–H and O–H groups in total. The van der Waals surface area contributed by atoms with Crippen LogP contribution in [0.5, 0.6) is 5.75 Å². The number of nitrogens with one attached hydrogen (secondary N) is 2. The SMILES string of the molecule is CCCNC(=O)CNCc1c(O)ccc2ccccc12. The minimum atomic E-state index is -0.0217. The summed E-state index contributed by atoms with van der Waals surface area (Å²) in [7, 11) is 0. The Kier molecular flexibility index (Phi) is 4.96. The van der Waals surface area contributed by atoms with Crippen molar-refractivity contribution in [1.29, 1.82) is 0 Å². The molecule has 0 saturated carbocycles. The number of amides is 1. The van der Waals surface area contributed by atoms with Gasteiger partial charge in [-0.1, -0.05) is 37.3 Å². The average molecular weight is 272 g/mol. The van der Waals surface area contributed by atoms with Gasteiger partial charge in [0.25, 0.3) is 0 Å². The van der Waals surface area contributed by atoms with Crippen molar-refractivity contribution in [3.05, 3.63) is 42.0 Å². The van der Waals surface area contributed by atoms with E-state index in [1.54, 1.807) is 6.07 Å². The van der Waals surface area contributed by atoms with Crippen LogP contribution in [-0.4, -0.2) is 24.1 Å². The van der Waals surface area contributed by atoms with Gasteiger partial charge >= 0.3 is 0 Å². The lowest BCUT2D eigenvalue weighted by molar-refractivity contribution is -0.120. The molecule has 1 amide bonds. The fourth-order valence-electron chi connectivity index (χ4n) is 2.14. The van der Waals surface area contributed by atoms with Crippen LogP contribution in [0.1, 0.15) is 18.9 Å². The van der Waals surface area contributed by atoms with Crippen molar-refractivity contribution in [3.63, 3.8) is 0 Å². The summed E-state index contributed by atoms with van der Waals surface area (Å²) in [6, 6.07) is 11.5. The van der Waals surface area contributed by atoms with Gasteiger partial charge in [-0.15, -0.1) is 0 Å². The molecule has 0 unspecified atom stereocenters. The number of phenolic OH excluding ortho intramolecular Hbond substituents is 1. The molecule has 106 valence electrons. The summed E-state index contributed by atoms with van der Waals surface area (Å²) in [6.07, 6.45) is 0.926. The molecule has 0 bridgehead atoms. The monoisotopic (exact) mass is 272 g/mol. The molecular formula is C16H20N2O2. The lowest BCUT2D eigenvalue weighted by Crippen LogP contribution is -2.33. The predicted octanol–water partition coefficient (Wildman–Crippen LogP) is 2.16. The molecule has 0 aliphatic rings. The molecule has 2 aromatic rings. The third-order valence-electron chi connectivity index (χ3n) is 3.18. The third kappa shape index (κ3) is 3.48. The summed E-state index contributed by atoms with van der Waals surface area (Å²) in [5.41, 5.74) is 0.825. The molecule has 4 heteroatoms. The average Bonchev–Trinajstić information content (AvgIpc) is 2.47. The lowest BCUT2D eigenvalue weighted by atomic mass is 10.0. The van der Waals surface area contributed by atoms with Crippen LogP contribution in [0.15, 0.2) is 36.4 Å². The smallest absolute Gasteiger partial charge is 0.233 e. The number of carbonyl (C=O) groups is 1. The number of hydrogen-bond donors (Lipinski definition) is 3. The normalized spacial score (nSPS) is 10.7. The predicted molar refractivity (Wildman–Crippen MR) is 80.6 cm³/mol. The Balaban J connectivity index is 2.02. The minimum absolute atomic E-state index is 0.0217. The zero-order valence-corrected chi connectivity index (χ0v) is 11.6. The first-order valence-electron chi connectivity index (χ1n) is 6.89. The van der Waals surface area contributed by atoms with Crippen LogP contribution in [-0.2, 0) is 11.3 Å². The van der Waals surface area contributed by atoms with E-state index in [0.717, 1.165) is 22.8 Å². The van der Waals surface area contributed by atoms with Crippen LogP contribution >= 0.6 is 0 Å². The molecule has 0 heterocycles. The fourth-order valence-corrected chi connectivity index (χ4v) is 2.14. The summed E-state index contributed by atoms with van der Waals surface area (Å²) < 4.78 is 0. The standard InChI is InChI=1S/C16H20N2O2/c1-2-9-18-16(20)11-17-10-14-13-6-4-3-5-12(13)7-8-15(14)19/h3-8,17,19H,2,9-11H2,1H3,(H,18,20). The van der Waals surface area contributed by atoms with Gasteiger partial charge in [0.15, 0.2) is 0 Å². The van der Waals surface area contributed by atoms with Gasteiger partial charge in [0, 0.05) is 18.7 Å². The number of phenols is 1. The molecule has 0 saturated heterocycles. The highest BCUT2D eigenvalue weighted by atomic mass is 16.3. The Morgan fingerprint density at radius 3 is 2.80 bits per heavy atom. The zero-order valence-electron chi connectivity index (χ0n) is 11.6. The van der Waals surface area contributed by atoms with Gasteiger partial charge in [-0.2, -0.15) is 0 Å². The topological polar surface area (TPSA) is 61.4 Å². The maximum absolute atomic E-state index is 11.5. The number of benzene rings is 2. The van der Waals surface area contributed by atoms with Crippen LogP contribution in [0.25, 0.3) is 10.8 Å². The van der Waals surface area contributed by atoms with Gasteiger partial charge in [0.2, 0.25) is 5.91 Å². The third-order valence-corrected chi connectivity index (χ3v) is 3.18. The van der Waals surface area contributed by atoms with Crippen LogP contribution < -0.4 is 10.6 Å². The Labute approximate surface area is 118 Å². The molecular weight excluding hydrogens is 252 g/mol. The van der Waals surface area contributed by atoms with E-state index in [1.807, 2.05) is 37.3 Å². The second kappa shape index (κ2) is 6.91. The van der Waals surface area contributed by atoms with Crippen molar-refractivity contribution in [2.24, 2.45) is 0 Å². The van der Waals surface area contributed by atoms with Gasteiger partial charge < -0.3 is 15.7 Å². The summed E-state index contributed by atoms with van der Waals surface area (Å²) in [4.78, 5) is 11.5. The quantitative estimate of drug-likeness (QED) is 0.755. The molecule has 0 aromatic heterocycles. The van der Waals surface area contributed by atoms with Crippen LogP contribution in [0.2, 0.25) is 0 Å². The number of fused-ring (bicyclic) bond motifs is 1. The van der Waals surface area contributed by atoms with Crippen molar-refractivity contribution in [2.75, 3.05) is 13.1 Å². The van der Waals surface area contributed by atoms with E-state index in [1.165, 1.54) is 0 Å². The van der Waals surface area contributed by atoms with E-state index in [4.69, 9.17) is 0 Å². The van der Waals surface area contributed by atoms with Crippen molar-refractivity contribution in [1.82, 2.24) is 10.6 Å². The number of aromatic hydroxyl groups is 1. The maximum Gasteiger partial charge on any atom is 0.233 e. The van der Waals surface area contributed by atoms with Gasteiger partial charge in [0.1, 0.15) is 5.75 Å². The van der Waals surface area contributed by atoms with Crippen LogP contribution in [0.3, 0.4) is 0 Å². The second-order valence-electron chi connectivity index (χ2n) is 4.74. The van der Waals surface area contributed by atoms with Gasteiger partial charge in [-0.25, -0.2) is 0 Å².